The van der Waals surface area contributed by atoms with Crippen LogP contribution in [0.3, 0.4) is 0 Å². The summed E-state index contributed by atoms with van der Waals surface area (Å²) >= 11 is 0. The van der Waals surface area contributed by atoms with E-state index in [9.17, 15) is 0 Å². The van der Waals surface area contributed by atoms with Gasteiger partial charge < -0.3 is 15.1 Å². The molecule has 110 valence electrons. The Hall–Kier alpha value is -1.24. The number of para-hydroxylation sites is 1. The number of hydrogen-bond acceptors (Lipinski definition) is 2. The molecular weight excluding hydrogens is 365 g/mol. The van der Waals surface area contributed by atoms with Gasteiger partial charge in [-0.1, -0.05) is 18.2 Å². The van der Waals surface area contributed by atoms with Gasteiger partial charge in [0.15, 0.2) is 5.96 Å². The first kappa shape index (κ1) is 16.8. The number of nitrogens with zero attached hydrogens (tertiary/aromatic N) is 1. The molecular formula is C15H22IN3O. The fourth-order valence-electron chi connectivity index (χ4n) is 1.83. The summed E-state index contributed by atoms with van der Waals surface area (Å²) in [5.41, 5.74) is 0.897. The van der Waals surface area contributed by atoms with Gasteiger partial charge in [-0.2, -0.15) is 0 Å². The van der Waals surface area contributed by atoms with Crippen molar-refractivity contribution >= 4 is 40.9 Å². The van der Waals surface area contributed by atoms with Crippen LogP contribution < -0.4 is 10.6 Å². The molecule has 2 aromatic rings. The van der Waals surface area contributed by atoms with Gasteiger partial charge in [0.05, 0.1) is 6.54 Å². The Morgan fingerprint density at radius 2 is 1.95 bits per heavy atom. The fourth-order valence-corrected chi connectivity index (χ4v) is 1.83. The monoisotopic (exact) mass is 387 g/mol. The van der Waals surface area contributed by atoms with E-state index in [4.69, 9.17) is 4.42 Å². The number of nitrogens with one attached hydrogen (secondary N) is 2. The summed E-state index contributed by atoms with van der Waals surface area (Å²) < 4.78 is 5.75. The maximum atomic E-state index is 5.75. The van der Waals surface area contributed by atoms with Gasteiger partial charge >= 0.3 is 0 Å². The molecule has 0 aliphatic rings. The van der Waals surface area contributed by atoms with E-state index >= 15 is 0 Å². The summed E-state index contributed by atoms with van der Waals surface area (Å²) in [6.07, 6.45) is 0. The molecule has 1 heterocycles. The summed E-state index contributed by atoms with van der Waals surface area (Å²) in [6.45, 7) is 6.91. The van der Waals surface area contributed by atoms with Gasteiger partial charge in [0.25, 0.3) is 0 Å². The van der Waals surface area contributed by atoms with Crippen LogP contribution >= 0.6 is 24.0 Å². The average Bonchev–Trinajstić information content (AvgIpc) is 2.75. The van der Waals surface area contributed by atoms with Crippen molar-refractivity contribution in [3.8, 4) is 0 Å². The summed E-state index contributed by atoms with van der Waals surface area (Å²) in [7, 11) is 1.76. The lowest BCUT2D eigenvalue weighted by Gasteiger charge is -2.23. The van der Waals surface area contributed by atoms with E-state index in [1.807, 2.05) is 30.3 Å². The SMILES string of the molecule is CN=C(NCc1cc2ccccc2o1)NC(C)(C)C.I. The molecule has 2 N–H and O–H groups in total. The highest BCUT2D eigenvalue weighted by atomic mass is 127. The second kappa shape index (κ2) is 6.97. The summed E-state index contributed by atoms with van der Waals surface area (Å²) in [6, 6.07) is 10.1. The molecule has 4 nitrogen and oxygen atoms in total. The Morgan fingerprint density at radius 1 is 1.25 bits per heavy atom. The van der Waals surface area contributed by atoms with Gasteiger partial charge in [-0.3, -0.25) is 4.99 Å². The standard InChI is InChI=1S/C15H21N3O.HI/c1-15(2,3)18-14(16-4)17-10-12-9-11-7-5-6-8-13(11)19-12;/h5-9H,10H2,1-4H3,(H2,16,17,18);1H. The molecule has 0 spiro atoms. The predicted molar refractivity (Wildman–Crippen MR) is 94.7 cm³/mol. The van der Waals surface area contributed by atoms with E-state index in [2.05, 4.69) is 36.4 Å². The van der Waals surface area contributed by atoms with Crippen LogP contribution in [0.25, 0.3) is 11.0 Å². The van der Waals surface area contributed by atoms with Crippen molar-refractivity contribution in [1.29, 1.82) is 0 Å². The molecule has 5 heteroatoms. The zero-order valence-corrected chi connectivity index (χ0v) is 14.7. The number of furan rings is 1. The van der Waals surface area contributed by atoms with Crippen molar-refractivity contribution in [2.24, 2.45) is 4.99 Å². The summed E-state index contributed by atoms with van der Waals surface area (Å²) in [5, 5.41) is 7.68. The topological polar surface area (TPSA) is 49.6 Å². The number of halogens is 1. The maximum Gasteiger partial charge on any atom is 0.191 e. The maximum absolute atomic E-state index is 5.75. The van der Waals surface area contributed by atoms with Crippen molar-refractivity contribution in [3.05, 3.63) is 36.1 Å². The van der Waals surface area contributed by atoms with Crippen LogP contribution in [0, 0.1) is 0 Å². The van der Waals surface area contributed by atoms with Crippen molar-refractivity contribution in [3.63, 3.8) is 0 Å². The van der Waals surface area contributed by atoms with Crippen LogP contribution in [0.2, 0.25) is 0 Å². The molecule has 0 amide bonds. The lowest BCUT2D eigenvalue weighted by molar-refractivity contribution is 0.493. The predicted octanol–water partition coefficient (Wildman–Crippen LogP) is 3.51. The third-order valence-corrected chi connectivity index (χ3v) is 2.62. The van der Waals surface area contributed by atoms with Gasteiger partial charge in [0, 0.05) is 18.0 Å². The zero-order chi connectivity index (χ0) is 13.9. The smallest absolute Gasteiger partial charge is 0.191 e. The Labute approximate surface area is 137 Å². The van der Waals surface area contributed by atoms with Crippen LogP contribution in [-0.4, -0.2) is 18.5 Å². The number of fused-ring (bicyclic) bond motifs is 1. The average molecular weight is 387 g/mol. The lowest BCUT2D eigenvalue weighted by Crippen LogP contribution is -2.47. The molecule has 0 unspecified atom stereocenters. The van der Waals surface area contributed by atoms with Crippen LogP contribution in [0.5, 0.6) is 0 Å². The van der Waals surface area contributed by atoms with Gasteiger partial charge in [0.1, 0.15) is 11.3 Å². The number of benzene rings is 1. The number of hydrogen-bond donors (Lipinski definition) is 2. The van der Waals surface area contributed by atoms with E-state index in [-0.39, 0.29) is 29.5 Å². The molecule has 0 saturated heterocycles. The molecule has 0 saturated carbocycles. The number of guanidine groups is 1. The molecule has 0 atom stereocenters. The third-order valence-electron chi connectivity index (χ3n) is 2.62. The minimum absolute atomic E-state index is 0. The molecule has 0 aliphatic heterocycles. The molecule has 0 aliphatic carbocycles. The van der Waals surface area contributed by atoms with Crippen molar-refractivity contribution < 1.29 is 4.42 Å². The molecule has 0 fully saturated rings. The van der Waals surface area contributed by atoms with Crippen molar-refractivity contribution in [1.82, 2.24) is 10.6 Å². The Balaban J connectivity index is 0.00000200. The summed E-state index contributed by atoms with van der Waals surface area (Å²) in [5.74, 6) is 1.67. The Morgan fingerprint density at radius 3 is 2.55 bits per heavy atom. The Kier molecular flexibility index (Phi) is 5.86. The second-order valence-electron chi connectivity index (χ2n) is 5.55. The summed E-state index contributed by atoms with van der Waals surface area (Å²) in [4.78, 5) is 4.20. The van der Waals surface area contributed by atoms with Crippen LogP contribution in [0.1, 0.15) is 26.5 Å². The number of aliphatic imine (C=N–C) groups is 1. The lowest BCUT2D eigenvalue weighted by atomic mass is 10.1. The molecule has 20 heavy (non-hydrogen) atoms. The molecule has 1 aromatic carbocycles. The van der Waals surface area contributed by atoms with Crippen LogP contribution in [0.4, 0.5) is 0 Å². The van der Waals surface area contributed by atoms with Gasteiger partial charge in [0.2, 0.25) is 0 Å². The highest BCUT2D eigenvalue weighted by Gasteiger charge is 2.12. The minimum Gasteiger partial charge on any atom is -0.459 e. The van der Waals surface area contributed by atoms with E-state index < -0.39 is 0 Å². The molecule has 0 radical (unpaired) electrons. The van der Waals surface area contributed by atoms with Crippen molar-refractivity contribution in [2.75, 3.05) is 7.05 Å². The van der Waals surface area contributed by atoms with E-state index in [1.165, 1.54) is 0 Å². The normalized spacial score (nSPS) is 12.1. The Bertz CT molecular complexity index is 551. The highest BCUT2D eigenvalue weighted by molar-refractivity contribution is 14.0. The number of rotatable bonds is 2. The highest BCUT2D eigenvalue weighted by Crippen LogP contribution is 2.18. The van der Waals surface area contributed by atoms with Crippen LogP contribution in [0.15, 0.2) is 39.7 Å². The largest absolute Gasteiger partial charge is 0.459 e. The zero-order valence-electron chi connectivity index (χ0n) is 12.4. The van der Waals surface area contributed by atoms with Gasteiger partial charge in [-0.25, -0.2) is 0 Å². The van der Waals surface area contributed by atoms with Crippen LogP contribution in [-0.2, 0) is 6.54 Å². The van der Waals surface area contributed by atoms with E-state index in [1.54, 1.807) is 7.05 Å². The molecule has 0 bridgehead atoms. The first-order valence-corrected chi connectivity index (χ1v) is 6.44. The first-order valence-electron chi connectivity index (χ1n) is 6.44. The van der Waals surface area contributed by atoms with Crippen molar-refractivity contribution in [2.45, 2.75) is 32.9 Å². The molecule has 2 rings (SSSR count). The second-order valence-corrected chi connectivity index (χ2v) is 5.55. The third kappa shape index (κ3) is 4.70. The minimum atomic E-state index is -0.0181. The fraction of sp³-hybridized carbons (Fsp3) is 0.400. The molecule has 1 aromatic heterocycles. The van der Waals surface area contributed by atoms with E-state index in [0.29, 0.717) is 6.54 Å². The van der Waals surface area contributed by atoms with Gasteiger partial charge in [-0.15, -0.1) is 24.0 Å². The first-order chi connectivity index (χ1) is 8.98. The van der Waals surface area contributed by atoms with E-state index in [0.717, 1.165) is 22.7 Å². The quantitative estimate of drug-likeness (QED) is 0.471. The van der Waals surface area contributed by atoms with Gasteiger partial charge in [-0.05, 0) is 32.9 Å².